The van der Waals surface area contributed by atoms with Crippen molar-refractivity contribution in [3.63, 3.8) is 0 Å². The monoisotopic (exact) mass is 427 g/mol. The Labute approximate surface area is 166 Å². The van der Waals surface area contributed by atoms with Crippen molar-refractivity contribution < 1.29 is 0 Å². The molecule has 0 spiro atoms. The number of imidazole rings is 1. The van der Waals surface area contributed by atoms with Crippen molar-refractivity contribution in [1.29, 1.82) is 0 Å². The molecule has 0 fully saturated rings. The number of hydrogen-bond donors (Lipinski definition) is 0. The molecular weight excluding hydrogens is 410 g/mol. The van der Waals surface area contributed by atoms with Crippen LogP contribution in [-0.4, -0.2) is 30.6 Å². The number of thioether (sulfide) groups is 1. The Bertz CT molecular complexity index is 1080. The largest absolute Gasteiger partial charge is 0.297 e. The highest BCUT2D eigenvalue weighted by Gasteiger charge is 2.19. The minimum atomic E-state index is 0. The summed E-state index contributed by atoms with van der Waals surface area (Å²) in [6.07, 6.45) is 5.78. The van der Waals surface area contributed by atoms with Gasteiger partial charge in [0, 0.05) is 18.1 Å². The van der Waals surface area contributed by atoms with Crippen LogP contribution in [0.1, 0.15) is 11.3 Å². The highest BCUT2D eigenvalue weighted by atomic mass is 79.9. The van der Waals surface area contributed by atoms with Gasteiger partial charge in [0.05, 0.1) is 11.4 Å². The maximum Gasteiger partial charge on any atom is 0.187 e. The summed E-state index contributed by atoms with van der Waals surface area (Å²) >= 11 is 1.53. The molecule has 0 aliphatic rings. The number of fused-ring (bicyclic) bond motifs is 1. The van der Waals surface area contributed by atoms with E-state index in [4.69, 9.17) is 4.98 Å². The molecule has 5 nitrogen and oxygen atoms in total. The van der Waals surface area contributed by atoms with Gasteiger partial charge in [-0.15, -0.1) is 17.0 Å². The van der Waals surface area contributed by atoms with Crippen LogP contribution in [-0.2, 0) is 0 Å². The van der Waals surface area contributed by atoms with Crippen molar-refractivity contribution in [3.05, 3.63) is 60.0 Å². The summed E-state index contributed by atoms with van der Waals surface area (Å²) in [6, 6.07) is 12.0. The molecule has 4 aromatic rings. The number of aromatic nitrogens is 5. The molecule has 0 radical (unpaired) electrons. The molecule has 0 amide bonds. The third-order valence-corrected chi connectivity index (χ3v) is 4.60. The standard InChI is InChI=1S/C19H17N5S.BrH/c1-12-6-5-11-24-17(15-9-10-20-19(22-15)25-3)16(23-18(12)24)14-8-4-7-13(2)21-14;/h4-11H,1-3H3;1H. The lowest BCUT2D eigenvalue weighted by molar-refractivity contribution is 0.968. The number of hydrogen-bond acceptors (Lipinski definition) is 5. The third-order valence-electron chi connectivity index (χ3n) is 4.03. The van der Waals surface area contributed by atoms with Crippen LogP contribution in [0.5, 0.6) is 0 Å². The van der Waals surface area contributed by atoms with Gasteiger partial charge in [-0.1, -0.05) is 23.9 Å². The summed E-state index contributed by atoms with van der Waals surface area (Å²) in [6.45, 7) is 4.05. The Kier molecular flexibility index (Phi) is 5.38. The quantitative estimate of drug-likeness (QED) is 0.348. The van der Waals surface area contributed by atoms with E-state index in [1.54, 1.807) is 6.20 Å². The Morgan fingerprint density at radius 3 is 2.54 bits per heavy atom. The second kappa shape index (κ2) is 7.55. The van der Waals surface area contributed by atoms with E-state index in [-0.39, 0.29) is 17.0 Å². The lowest BCUT2D eigenvalue weighted by Crippen LogP contribution is -1.96. The van der Waals surface area contributed by atoms with Crippen LogP contribution in [0, 0.1) is 13.8 Å². The number of nitrogens with zero attached hydrogens (tertiary/aromatic N) is 5. The van der Waals surface area contributed by atoms with Gasteiger partial charge in [0.2, 0.25) is 0 Å². The predicted molar refractivity (Wildman–Crippen MR) is 111 cm³/mol. The number of pyridine rings is 2. The van der Waals surface area contributed by atoms with E-state index in [0.717, 1.165) is 44.8 Å². The summed E-state index contributed by atoms with van der Waals surface area (Å²) in [4.78, 5) is 18.5. The van der Waals surface area contributed by atoms with Gasteiger partial charge >= 0.3 is 0 Å². The first kappa shape index (κ1) is 18.5. The average molecular weight is 428 g/mol. The van der Waals surface area contributed by atoms with Crippen LogP contribution in [0.2, 0.25) is 0 Å². The predicted octanol–water partition coefficient (Wildman–Crippen LogP) is 4.77. The smallest absolute Gasteiger partial charge is 0.187 e. The lowest BCUT2D eigenvalue weighted by atomic mass is 10.1. The van der Waals surface area contributed by atoms with E-state index in [2.05, 4.69) is 32.3 Å². The van der Waals surface area contributed by atoms with Gasteiger partial charge in [0.15, 0.2) is 5.16 Å². The number of halogens is 1. The molecule has 0 aliphatic carbocycles. The molecule has 4 rings (SSSR count). The fourth-order valence-corrected chi connectivity index (χ4v) is 3.23. The normalized spacial score (nSPS) is 10.7. The first-order chi connectivity index (χ1) is 12.2. The molecule has 4 heterocycles. The van der Waals surface area contributed by atoms with Crippen LogP contribution >= 0.6 is 28.7 Å². The molecule has 0 saturated heterocycles. The maximum absolute atomic E-state index is 4.89. The zero-order valence-corrected chi connectivity index (χ0v) is 17.2. The second-order valence-electron chi connectivity index (χ2n) is 5.79. The Balaban J connectivity index is 0.00000196. The molecule has 0 bridgehead atoms. The second-order valence-corrected chi connectivity index (χ2v) is 6.56. The molecule has 26 heavy (non-hydrogen) atoms. The molecule has 4 aromatic heterocycles. The highest BCUT2D eigenvalue weighted by molar-refractivity contribution is 8.93. The molecule has 0 N–H and O–H groups in total. The van der Waals surface area contributed by atoms with E-state index in [1.807, 2.05) is 49.7 Å². The van der Waals surface area contributed by atoms with Gasteiger partial charge in [-0.2, -0.15) is 0 Å². The molecule has 0 unspecified atom stereocenters. The van der Waals surface area contributed by atoms with Gasteiger partial charge in [0.25, 0.3) is 0 Å². The summed E-state index contributed by atoms with van der Waals surface area (Å²) in [5.41, 5.74) is 6.46. The summed E-state index contributed by atoms with van der Waals surface area (Å²) in [5, 5.41) is 0.739. The lowest BCUT2D eigenvalue weighted by Gasteiger charge is -2.06. The van der Waals surface area contributed by atoms with E-state index in [9.17, 15) is 0 Å². The minimum absolute atomic E-state index is 0. The molecule has 7 heteroatoms. The van der Waals surface area contributed by atoms with Crippen molar-refractivity contribution >= 4 is 34.4 Å². The van der Waals surface area contributed by atoms with Crippen molar-refractivity contribution in [1.82, 2.24) is 24.3 Å². The fraction of sp³-hybridized carbons (Fsp3) is 0.158. The van der Waals surface area contributed by atoms with Crippen LogP contribution in [0.15, 0.2) is 53.9 Å². The average Bonchev–Trinajstić information content (AvgIpc) is 3.03. The number of aryl methyl sites for hydroxylation is 2. The van der Waals surface area contributed by atoms with E-state index >= 15 is 0 Å². The summed E-state index contributed by atoms with van der Waals surface area (Å²) in [5.74, 6) is 0. The van der Waals surface area contributed by atoms with Crippen LogP contribution in [0.3, 0.4) is 0 Å². The van der Waals surface area contributed by atoms with Crippen LogP contribution in [0.4, 0.5) is 0 Å². The van der Waals surface area contributed by atoms with Gasteiger partial charge in [0.1, 0.15) is 17.0 Å². The molecule has 0 aromatic carbocycles. The number of rotatable bonds is 3. The fourth-order valence-electron chi connectivity index (χ4n) is 2.87. The highest BCUT2D eigenvalue weighted by Crippen LogP contribution is 2.32. The molecular formula is C19H18BrN5S. The van der Waals surface area contributed by atoms with Crippen molar-refractivity contribution in [3.8, 4) is 22.8 Å². The first-order valence-electron chi connectivity index (χ1n) is 7.96. The summed E-state index contributed by atoms with van der Waals surface area (Å²) < 4.78 is 2.08. The molecule has 0 atom stereocenters. The van der Waals surface area contributed by atoms with E-state index < -0.39 is 0 Å². The zero-order valence-electron chi connectivity index (χ0n) is 14.7. The third kappa shape index (κ3) is 3.24. The zero-order chi connectivity index (χ0) is 17.4. The molecule has 0 saturated carbocycles. The Hall–Kier alpha value is -2.25. The van der Waals surface area contributed by atoms with Crippen molar-refractivity contribution in [2.24, 2.45) is 0 Å². The topological polar surface area (TPSA) is 56.0 Å². The van der Waals surface area contributed by atoms with Crippen molar-refractivity contribution in [2.75, 3.05) is 6.26 Å². The van der Waals surface area contributed by atoms with Gasteiger partial charge in [-0.3, -0.25) is 9.38 Å². The van der Waals surface area contributed by atoms with Crippen molar-refractivity contribution in [2.45, 2.75) is 19.0 Å². The van der Waals surface area contributed by atoms with E-state index in [1.165, 1.54) is 11.8 Å². The van der Waals surface area contributed by atoms with Crippen LogP contribution < -0.4 is 0 Å². The maximum atomic E-state index is 4.89. The SMILES string of the molecule is Br.CSc1nccc(-c2c(-c3cccc(C)n3)nc3c(C)cccn23)n1. The van der Waals surface area contributed by atoms with Gasteiger partial charge < -0.3 is 0 Å². The Morgan fingerprint density at radius 2 is 1.77 bits per heavy atom. The van der Waals surface area contributed by atoms with Crippen LogP contribution in [0.25, 0.3) is 28.4 Å². The van der Waals surface area contributed by atoms with E-state index in [0.29, 0.717) is 0 Å². The summed E-state index contributed by atoms with van der Waals surface area (Å²) in [7, 11) is 0. The minimum Gasteiger partial charge on any atom is -0.297 e. The van der Waals surface area contributed by atoms with Gasteiger partial charge in [-0.25, -0.2) is 15.0 Å². The molecule has 132 valence electrons. The molecule has 0 aliphatic heterocycles. The first-order valence-corrected chi connectivity index (χ1v) is 9.19. The van der Waals surface area contributed by atoms with Gasteiger partial charge in [-0.05, 0) is 49.9 Å². The Morgan fingerprint density at radius 1 is 0.923 bits per heavy atom.